The second-order valence-corrected chi connectivity index (χ2v) is 5.11. The van der Waals surface area contributed by atoms with Gasteiger partial charge < -0.3 is 19.9 Å². The van der Waals surface area contributed by atoms with E-state index in [1.54, 1.807) is 0 Å². The number of H-pyrrole nitrogens is 1. The van der Waals surface area contributed by atoms with Gasteiger partial charge in [-0.15, -0.1) is 0 Å². The molecule has 1 aromatic heterocycles. The normalized spacial score (nSPS) is 17.4. The number of nitrogens with zero attached hydrogens (tertiary/aromatic N) is 2. The van der Waals surface area contributed by atoms with Crippen LogP contribution in [0.4, 0.5) is 5.82 Å². The maximum atomic E-state index is 11.5. The molecule has 106 valence electrons. The predicted molar refractivity (Wildman–Crippen MR) is 74.7 cm³/mol. The number of hydrogen-bond acceptors (Lipinski definition) is 5. The number of rotatable bonds is 6. The van der Waals surface area contributed by atoms with Crippen LogP contribution < -0.4 is 15.6 Å². The molecule has 2 heterocycles. The van der Waals surface area contributed by atoms with Gasteiger partial charge in [-0.05, 0) is 31.8 Å². The summed E-state index contributed by atoms with van der Waals surface area (Å²) in [4.78, 5) is 20.6. The van der Waals surface area contributed by atoms with E-state index in [1.807, 2.05) is 0 Å². The van der Waals surface area contributed by atoms with Crippen molar-refractivity contribution >= 4 is 5.82 Å². The minimum atomic E-state index is -0.257. The zero-order chi connectivity index (χ0) is 13.7. The van der Waals surface area contributed by atoms with Gasteiger partial charge in [-0.2, -0.15) is 0 Å². The van der Waals surface area contributed by atoms with E-state index in [9.17, 15) is 4.79 Å². The Morgan fingerprint density at radius 2 is 2.26 bits per heavy atom. The maximum absolute atomic E-state index is 11.5. The van der Waals surface area contributed by atoms with Crippen molar-refractivity contribution < 1.29 is 4.74 Å². The monoisotopic (exact) mass is 266 g/mol. The van der Waals surface area contributed by atoms with Crippen LogP contribution in [0.5, 0.6) is 5.75 Å². The number of hydrogen-bond donors (Lipinski definition) is 2. The Kier molecular flexibility index (Phi) is 4.79. The zero-order valence-electron chi connectivity index (χ0n) is 11.6. The maximum Gasteiger partial charge on any atom is 0.295 e. The van der Waals surface area contributed by atoms with Crippen LogP contribution in [-0.2, 0) is 0 Å². The fourth-order valence-electron chi connectivity index (χ4n) is 2.44. The fourth-order valence-corrected chi connectivity index (χ4v) is 2.44. The van der Waals surface area contributed by atoms with Crippen LogP contribution in [0.25, 0.3) is 0 Å². The van der Waals surface area contributed by atoms with Crippen molar-refractivity contribution in [3.63, 3.8) is 0 Å². The number of likely N-dealkylation sites (tertiary alicyclic amines) is 1. The van der Waals surface area contributed by atoms with E-state index in [0.717, 1.165) is 13.1 Å². The molecule has 0 spiro atoms. The Bertz CT molecular complexity index is 454. The molecule has 19 heavy (non-hydrogen) atoms. The summed E-state index contributed by atoms with van der Waals surface area (Å²) in [6.45, 7) is 6.47. The summed E-state index contributed by atoms with van der Waals surface area (Å²) in [6.07, 6.45) is 4.01. The number of anilines is 1. The fraction of sp³-hybridized carbons (Fsp3) is 0.692. The molecule has 1 aliphatic heterocycles. The van der Waals surface area contributed by atoms with Crippen LogP contribution in [0.1, 0.15) is 19.8 Å². The molecule has 0 aromatic carbocycles. The van der Waals surface area contributed by atoms with E-state index in [-0.39, 0.29) is 11.3 Å². The molecule has 1 atom stereocenters. The van der Waals surface area contributed by atoms with Crippen molar-refractivity contribution in [3.8, 4) is 5.75 Å². The molecule has 1 aromatic rings. The second-order valence-electron chi connectivity index (χ2n) is 5.11. The molecule has 2 rings (SSSR count). The molecule has 1 fully saturated rings. The minimum absolute atomic E-state index is 0.246. The van der Waals surface area contributed by atoms with Crippen molar-refractivity contribution in [2.45, 2.75) is 19.8 Å². The Hall–Kier alpha value is -1.56. The van der Waals surface area contributed by atoms with Gasteiger partial charge in [-0.3, -0.25) is 4.79 Å². The van der Waals surface area contributed by atoms with Crippen LogP contribution >= 0.6 is 0 Å². The first-order valence-corrected chi connectivity index (χ1v) is 6.78. The van der Waals surface area contributed by atoms with Crippen LogP contribution in [0.15, 0.2) is 11.1 Å². The molecule has 0 aliphatic carbocycles. The van der Waals surface area contributed by atoms with Crippen molar-refractivity contribution in [2.75, 3.05) is 38.6 Å². The summed E-state index contributed by atoms with van der Waals surface area (Å²) >= 11 is 0. The molecule has 6 nitrogen and oxygen atoms in total. The van der Waals surface area contributed by atoms with E-state index in [4.69, 9.17) is 4.74 Å². The van der Waals surface area contributed by atoms with Crippen LogP contribution in [0.3, 0.4) is 0 Å². The molecular formula is C13H22N4O2. The van der Waals surface area contributed by atoms with Gasteiger partial charge in [0.2, 0.25) is 5.75 Å². The first kappa shape index (κ1) is 13.9. The SMILES string of the molecule is COc1c(NCC(C)CN2CCCC2)nc[nH]c1=O. The Labute approximate surface area is 113 Å². The van der Waals surface area contributed by atoms with E-state index < -0.39 is 0 Å². The summed E-state index contributed by atoms with van der Waals surface area (Å²) in [5, 5.41) is 3.20. The number of aromatic nitrogens is 2. The third kappa shape index (κ3) is 3.70. The highest BCUT2D eigenvalue weighted by Crippen LogP contribution is 2.15. The van der Waals surface area contributed by atoms with Crippen LogP contribution in [0.2, 0.25) is 0 Å². The summed E-state index contributed by atoms with van der Waals surface area (Å²) < 4.78 is 5.06. The topological polar surface area (TPSA) is 70.2 Å². The van der Waals surface area contributed by atoms with E-state index in [1.165, 1.54) is 39.4 Å². The van der Waals surface area contributed by atoms with Crippen molar-refractivity contribution in [1.82, 2.24) is 14.9 Å². The molecule has 0 bridgehead atoms. The highest BCUT2D eigenvalue weighted by Gasteiger charge is 2.15. The molecule has 2 N–H and O–H groups in total. The Morgan fingerprint density at radius 3 is 2.95 bits per heavy atom. The standard InChI is InChI=1S/C13H22N4O2/c1-10(8-17-5-3-4-6-17)7-14-12-11(19-2)13(18)16-9-15-12/h9-10H,3-8H2,1-2H3,(H2,14,15,16,18). The molecular weight excluding hydrogens is 244 g/mol. The van der Waals surface area contributed by atoms with Gasteiger partial charge in [0.1, 0.15) is 0 Å². The van der Waals surface area contributed by atoms with Gasteiger partial charge in [0.05, 0.1) is 13.4 Å². The van der Waals surface area contributed by atoms with Crippen molar-refractivity contribution in [1.29, 1.82) is 0 Å². The van der Waals surface area contributed by atoms with Gasteiger partial charge >= 0.3 is 0 Å². The summed E-state index contributed by atoms with van der Waals surface area (Å²) in [7, 11) is 1.48. The van der Waals surface area contributed by atoms with Crippen molar-refractivity contribution in [3.05, 3.63) is 16.7 Å². The van der Waals surface area contributed by atoms with E-state index >= 15 is 0 Å². The number of nitrogens with one attached hydrogen (secondary N) is 2. The summed E-state index contributed by atoms with van der Waals surface area (Å²) in [5.74, 6) is 1.26. The zero-order valence-corrected chi connectivity index (χ0v) is 11.6. The largest absolute Gasteiger partial charge is 0.489 e. The van der Waals surface area contributed by atoms with Gasteiger partial charge in [0.15, 0.2) is 5.82 Å². The highest BCUT2D eigenvalue weighted by atomic mass is 16.5. The lowest BCUT2D eigenvalue weighted by Crippen LogP contribution is -2.29. The highest BCUT2D eigenvalue weighted by molar-refractivity contribution is 5.47. The molecule has 0 radical (unpaired) electrons. The van der Waals surface area contributed by atoms with Crippen LogP contribution in [0, 0.1) is 5.92 Å². The van der Waals surface area contributed by atoms with E-state index in [0.29, 0.717) is 11.7 Å². The number of aromatic amines is 1. The smallest absolute Gasteiger partial charge is 0.295 e. The number of ether oxygens (including phenoxy) is 1. The van der Waals surface area contributed by atoms with Crippen LogP contribution in [-0.4, -0.2) is 48.2 Å². The number of methoxy groups -OCH3 is 1. The van der Waals surface area contributed by atoms with Crippen molar-refractivity contribution in [2.24, 2.45) is 5.92 Å². The molecule has 1 aliphatic rings. The minimum Gasteiger partial charge on any atom is -0.489 e. The quantitative estimate of drug-likeness (QED) is 0.801. The molecule has 6 heteroatoms. The lowest BCUT2D eigenvalue weighted by Gasteiger charge is -2.20. The van der Waals surface area contributed by atoms with Gasteiger partial charge in [0.25, 0.3) is 5.56 Å². The average Bonchev–Trinajstić information content (AvgIpc) is 2.89. The first-order chi connectivity index (χ1) is 9.20. The third-order valence-corrected chi connectivity index (χ3v) is 3.40. The Morgan fingerprint density at radius 1 is 1.53 bits per heavy atom. The summed E-state index contributed by atoms with van der Waals surface area (Å²) in [6, 6.07) is 0. The Balaban J connectivity index is 1.87. The molecule has 0 saturated carbocycles. The predicted octanol–water partition coefficient (Wildman–Crippen LogP) is 0.922. The third-order valence-electron chi connectivity index (χ3n) is 3.40. The summed E-state index contributed by atoms with van der Waals surface area (Å²) in [5.41, 5.74) is -0.257. The molecule has 0 amide bonds. The molecule has 1 saturated heterocycles. The lowest BCUT2D eigenvalue weighted by atomic mass is 10.1. The van der Waals surface area contributed by atoms with Gasteiger partial charge in [-0.1, -0.05) is 6.92 Å². The van der Waals surface area contributed by atoms with Gasteiger partial charge in [0, 0.05) is 13.1 Å². The first-order valence-electron chi connectivity index (χ1n) is 6.78. The molecule has 1 unspecified atom stereocenters. The average molecular weight is 266 g/mol. The van der Waals surface area contributed by atoms with Gasteiger partial charge in [-0.25, -0.2) is 4.98 Å². The lowest BCUT2D eigenvalue weighted by molar-refractivity contribution is 0.294. The van der Waals surface area contributed by atoms with E-state index in [2.05, 4.69) is 27.1 Å². The second kappa shape index (κ2) is 6.56.